The zero-order chi connectivity index (χ0) is 16.1. The molecule has 0 aliphatic carbocycles. The molecule has 3 nitrogen and oxygen atoms in total. The predicted molar refractivity (Wildman–Crippen MR) is 96.2 cm³/mol. The highest BCUT2D eigenvalue weighted by Crippen LogP contribution is 2.34. The van der Waals surface area contributed by atoms with Gasteiger partial charge in [-0.3, -0.25) is 0 Å². The van der Waals surface area contributed by atoms with E-state index in [1.54, 1.807) is 0 Å². The summed E-state index contributed by atoms with van der Waals surface area (Å²) in [6, 6.07) is 17.5. The summed E-state index contributed by atoms with van der Waals surface area (Å²) >= 11 is 0. The fourth-order valence-corrected chi connectivity index (χ4v) is 2.83. The minimum Gasteiger partial charge on any atom is -0.482 e. The van der Waals surface area contributed by atoms with Crippen molar-refractivity contribution >= 4 is 5.69 Å². The molecule has 2 unspecified atom stereocenters. The third kappa shape index (κ3) is 4.05. The lowest BCUT2D eigenvalue weighted by molar-refractivity contribution is 0.210. The fraction of sp³-hybridized carbons (Fsp3) is 0.400. The van der Waals surface area contributed by atoms with Gasteiger partial charge in [0, 0.05) is 6.04 Å². The topological polar surface area (TPSA) is 33.3 Å². The van der Waals surface area contributed by atoms with Crippen molar-refractivity contribution in [2.75, 3.05) is 18.4 Å². The number of rotatable bonds is 6. The molecule has 23 heavy (non-hydrogen) atoms. The van der Waals surface area contributed by atoms with Gasteiger partial charge in [-0.25, -0.2) is 0 Å². The summed E-state index contributed by atoms with van der Waals surface area (Å²) in [7, 11) is 0. The molecule has 2 aromatic carbocycles. The van der Waals surface area contributed by atoms with Gasteiger partial charge < -0.3 is 15.4 Å². The van der Waals surface area contributed by atoms with Crippen LogP contribution >= 0.6 is 0 Å². The standard InChI is InChI=1S/C20H26N2O/c1-3-15(2)21-12-11-16-9-10-19-18(13-16)22-14-20(23-19)17-7-5-4-6-8-17/h4-10,13,15,20-22H,3,11-12,14H2,1-2H3. The third-order valence-electron chi connectivity index (χ3n) is 4.48. The lowest BCUT2D eigenvalue weighted by Gasteiger charge is -2.28. The first-order chi connectivity index (χ1) is 11.3. The molecule has 1 aliphatic rings. The van der Waals surface area contributed by atoms with Gasteiger partial charge in [-0.1, -0.05) is 43.3 Å². The highest BCUT2D eigenvalue weighted by molar-refractivity contribution is 5.60. The van der Waals surface area contributed by atoms with Crippen LogP contribution in [0.4, 0.5) is 5.69 Å². The van der Waals surface area contributed by atoms with Gasteiger partial charge in [0.25, 0.3) is 0 Å². The molecular formula is C20H26N2O. The number of anilines is 1. The van der Waals surface area contributed by atoms with Crippen molar-refractivity contribution in [3.8, 4) is 5.75 Å². The van der Waals surface area contributed by atoms with Crippen LogP contribution in [0.2, 0.25) is 0 Å². The minimum atomic E-state index is 0.0848. The molecule has 0 bridgehead atoms. The van der Waals surface area contributed by atoms with E-state index < -0.39 is 0 Å². The Balaban J connectivity index is 1.62. The van der Waals surface area contributed by atoms with E-state index in [2.05, 4.69) is 66.9 Å². The second kappa shape index (κ2) is 7.51. The van der Waals surface area contributed by atoms with Crippen molar-refractivity contribution in [2.24, 2.45) is 0 Å². The Morgan fingerprint density at radius 2 is 2.04 bits per heavy atom. The number of benzene rings is 2. The molecule has 1 aliphatic heterocycles. The average Bonchev–Trinajstić information content (AvgIpc) is 2.61. The molecule has 0 saturated carbocycles. The smallest absolute Gasteiger partial charge is 0.143 e. The molecule has 0 amide bonds. The molecule has 1 heterocycles. The van der Waals surface area contributed by atoms with Crippen molar-refractivity contribution in [1.29, 1.82) is 0 Å². The number of fused-ring (bicyclic) bond motifs is 1. The van der Waals surface area contributed by atoms with Gasteiger partial charge in [-0.15, -0.1) is 0 Å². The van der Waals surface area contributed by atoms with E-state index in [0.29, 0.717) is 6.04 Å². The van der Waals surface area contributed by atoms with Crippen molar-refractivity contribution in [1.82, 2.24) is 5.32 Å². The van der Waals surface area contributed by atoms with Crippen LogP contribution < -0.4 is 15.4 Å². The lowest BCUT2D eigenvalue weighted by Crippen LogP contribution is -2.27. The minimum absolute atomic E-state index is 0.0848. The maximum atomic E-state index is 6.15. The number of hydrogen-bond donors (Lipinski definition) is 2. The van der Waals surface area contributed by atoms with E-state index >= 15 is 0 Å². The van der Waals surface area contributed by atoms with Crippen molar-refractivity contribution in [3.63, 3.8) is 0 Å². The summed E-state index contributed by atoms with van der Waals surface area (Å²) in [6.07, 6.45) is 2.30. The summed E-state index contributed by atoms with van der Waals surface area (Å²) < 4.78 is 6.15. The maximum Gasteiger partial charge on any atom is 0.143 e. The second-order valence-electron chi connectivity index (χ2n) is 6.24. The molecule has 0 saturated heterocycles. The van der Waals surface area contributed by atoms with Crippen LogP contribution in [0.5, 0.6) is 5.75 Å². The average molecular weight is 310 g/mol. The molecule has 0 radical (unpaired) electrons. The van der Waals surface area contributed by atoms with Gasteiger partial charge in [0.05, 0.1) is 12.2 Å². The molecule has 3 rings (SSSR count). The number of hydrogen-bond acceptors (Lipinski definition) is 3. The van der Waals surface area contributed by atoms with Crippen LogP contribution in [0.25, 0.3) is 0 Å². The van der Waals surface area contributed by atoms with Gasteiger partial charge in [0.1, 0.15) is 11.9 Å². The Bertz CT molecular complexity index is 627. The van der Waals surface area contributed by atoms with E-state index in [4.69, 9.17) is 4.74 Å². The van der Waals surface area contributed by atoms with Crippen LogP contribution in [0, 0.1) is 0 Å². The normalized spacial score (nSPS) is 17.7. The fourth-order valence-electron chi connectivity index (χ4n) is 2.83. The SMILES string of the molecule is CCC(C)NCCc1ccc2c(c1)NCC(c1ccccc1)O2. The molecule has 2 N–H and O–H groups in total. The van der Waals surface area contributed by atoms with E-state index in [9.17, 15) is 0 Å². The first-order valence-corrected chi connectivity index (χ1v) is 8.58. The summed E-state index contributed by atoms with van der Waals surface area (Å²) in [5.74, 6) is 0.948. The zero-order valence-electron chi connectivity index (χ0n) is 14.0. The number of ether oxygens (including phenoxy) is 1. The van der Waals surface area contributed by atoms with E-state index in [0.717, 1.165) is 30.9 Å². The van der Waals surface area contributed by atoms with Crippen LogP contribution in [0.3, 0.4) is 0 Å². The van der Waals surface area contributed by atoms with Gasteiger partial charge >= 0.3 is 0 Å². The van der Waals surface area contributed by atoms with Gasteiger partial charge in [0.2, 0.25) is 0 Å². The zero-order valence-corrected chi connectivity index (χ0v) is 14.0. The molecule has 0 fully saturated rings. The number of nitrogens with one attached hydrogen (secondary N) is 2. The monoisotopic (exact) mass is 310 g/mol. The quantitative estimate of drug-likeness (QED) is 0.840. The Morgan fingerprint density at radius 1 is 1.22 bits per heavy atom. The molecule has 2 atom stereocenters. The first kappa shape index (κ1) is 15.9. The van der Waals surface area contributed by atoms with E-state index in [1.807, 2.05) is 6.07 Å². The molecular weight excluding hydrogens is 284 g/mol. The van der Waals surface area contributed by atoms with Crippen LogP contribution in [-0.4, -0.2) is 19.1 Å². The summed E-state index contributed by atoms with van der Waals surface area (Å²) in [5.41, 5.74) is 3.67. The van der Waals surface area contributed by atoms with Crippen LogP contribution in [-0.2, 0) is 6.42 Å². The third-order valence-corrected chi connectivity index (χ3v) is 4.48. The second-order valence-corrected chi connectivity index (χ2v) is 6.24. The highest BCUT2D eigenvalue weighted by atomic mass is 16.5. The Kier molecular flexibility index (Phi) is 5.19. The van der Waals surface area contributed by atoms with Gasteiger partial charge in [-0.05, 0) is 49.6 Å². The van der Waals surface area contributed by atoms with E-state index in [1.165, 1.54) is 17.5 Å². The lowest BCUT2D eigenvalue weighted by atomic mass is 10.1. The Morgan fingerprint density at radius 3 is 2.83 bits per heavy atom. The van der Waals surface area contributed by atoms with E-state index in [-0.39, 0.29) is 6.10 Å². The van der Waals surface area contributed by atoms with Crippen molar-refractivity contribution in [3.05, 3.63) is 59.7 Å². The summed E-state index contributed by atoms with van der Waals surface area (Å²) in [6.45, 7) is 6.26. The van der Waals surface area contributed by atoms with Crippen molar-refractivity contribution in [2.45, 2.75) is 38.8 Å². The van der Waals surface area contributed by atoms with Crippen molar-refractivity contribution < 1.29 is 4.74 Å². The molecule has 122 valence electrons. The molecule has 0 spiro atoms. The Hall–Kier alpha value is -2.00. The summed E-state index contributed by atoms with van der Waals surface area (Å²) in [4.78, 5) is 0. The largest absolute Gasteiger partial charge is 0.482 e. The van der Waals surface area contributed by atoms with Gasteiger partial charge in [-0.2, -0.15) is 0 Å². The highest BCUT2D eigenvalue weighted by Gasteiger charge is 2.20. The van der Waals surface area contributed by atoms with Crippen LogP contribution in [0.15, 0.2) is 48.5 Å². The molecule has 3 heteroatoms. The molecule has 0 aromatic heterocycles. The molecule has 2 aromatic rings. The predicted octanol–water partition coefficient (Wildman–Crippen LogP) is 4.16. The van der Waals surface area contributed by atoms with Gasteiger partial charge in [0.15, 0.2) is 0 Å². The Labute approximate surface area is 139 Å². The maximum absolute atomic E-state index is 6.15. The summed E-state index contributed by atoms with van der Waals surface area (Å²) in [5, 5.41) is 7.05. The first-order valence-electron chi connectivity index (χ1n) is 8.58. The van der Waals surface area contributed by atoms with Crippen LogP contribution in [0.1, 0.15) is 37.5 Å².